The van der Waals surface area contributed by atoms with Crippen molar-refractivity contribution in [1.82, 2.24) is 4.90 Å². The molecule has 2 N–H and O–H groups in total. The average molecular weight is 291 g/mol. The Hall–Kier alpha value is -1.88. The molecule has 1 aromatic rings. The molecule has 1 saturated heterocycles. The second-order valence-corrected chi connectivity index (χ2v) is 5.66. The van der Waals surface area contributed by atoms with Crippen LogP contribution in [-0.4, -0.2) is 40.1 Å². The van der Waals surface area contributed by atoms with E-state index in [4.69, 9.17) is 0 Å². The first-order valence-corrected chi connectivity index (χ1v) is 7.25. The molecule has 0 aliphatic carbocycles. The number of amides is 1. The Kier molecular flexibility index (Phi) is 4.63. The Bertz CT molecular complexity index is 516. The summed E-state index contributed by atoms with van der Waals surface area (Å²) in [6.45, 7) is 2.50. The second kappa shape index (κ2) is 6.26. The molecule has 2 atom stereocenters. The highest BCUT2D eigenvalue weighted by atomic mass is 16.4. The van der Waals surface area contributed by atoms with Crippen molar-refractivity contribution in [3.05, 3.63) is 35.9 Å². The molecule has 5 heteroatoms. The summed E-state index contributed by atoms with van der Waals surface area (Å²) in [6, 6.07) is 8.71. The largest absolute Gasteiger partial charge is 0.481 e. The molecule has 1 aromatic carbocycles. The fraction of sp³-hybridized carbons (Fsp3) is 0.500. The summed E-state index contributed by atoms with van der Waals surface area (Å²) in [4.78, 5) is 25.3. The quantitative estimate of drug-likeness (QED) is 0.867. The number of aliphatic carboxylic acids is 1. The molecule has 5 nitrogen and oxygen atoms in total. The van der Waals surface area contributed by atoms with Gasteiger partial charge in [-0.25, -0.2) is 0 Å². The van der Waals surface area contributed by atoms with Gasteiger partial charge in [0.2, 0.25) is 0 Å². The maximum absolute atomic E-state index is 12.3. The van der Waals surface area contributed by atoms with Gasteiger partial charge in [-0.3, -0.25) is 9.59 Å². The summed E-state index contributed by atoms with van der Waals surface area (Å²) < 4.78 is 0. The molecule has 2 unspecified atom stereocenters. The Morgan fingerprint density at radius 2 is 2.00 bits per heavy atom. The summed E-state index contributed by atoms with van der Waals surface area (Å²) in [5.74, 6) is -1.27. The molecule has 0 spiro atoms. The number of rotatable bonds is 5. The van der Waals surface area contributed by atoms with Crippen molar-refractivity contribution in [2.24, 2.45) is 5.41 Å². The number of carboxylic acid groups (broad SMARTS) is 1. The topological polar surface area (TPSA) is 77.8 Å². The van der Waals surface area contributed by atoms with Crippen molar-refractivity contribution in [2.75, 3.05) is 13.1 Å². The van der Waals surface area contributed by atoms with Crippen molar-refractivity contribution in [1.29, 1.82) is 0 Å². The molecule has 0 saturated carbocycles. The van der Waals surface area contributed by atoms with E-state index in [1.54, 1.807) is 24.3 Å². The normalized spacial score (nSPS) is 23.0. The summed E-state index contributed by atoms with van der Waals surface area (Å²) in [5.41, 5.74) is -0.327. The van der Waals surface area contributed by atoms with Crippen LogP contribution in [0.3, 0.4) is 0 Å². The van der Waals surface area contributed by atoms with Crippen LogP contribution in [-0.2, 0) is 9.59 Å². The lowest BCUT2D eigenvalue weighted by atomic mass is 9.83. The van der Waals surface area contributed by atoms with Gasteiger partial charge in [0, 0.05) is 13.1 Å². The van der Waals surface area contributed by atoms with Crippen LogP contribution in [0, 0.1) is 5.41 Å². The Balaban J connectivity index is 2.10. The number of nitrogens with zero attached hydrogens (tertiary/aromatic N) is 1. The number of hydrogen-bond donors (Lipinski definition) is 2. The van der Waals surface area contributed by atoms with E-state index in [0.29, 0.717) is 24.9 Å². The number of benzene rings is 1. The molecule has 2 rings (SSSR count). The molecule has 0 bridgehead atoms. The second-order valence-electron chi connectivity index (χ2n) is 5.66. The number of aliphatic hydroxyl groups is 1. The van der Waals surface area contributed by atoms with Crippen molar-refractivity contribution >= 4 is 11.9 Å². The minimum Gasteiger partial charge on any atom is -0.481 e. The van der Waals surface area contributed by atoms with Gasteiger partial charge in [-0.15, -0.1) is 0 Å². The third-order valence-electron chi connectivity index (χ3n) is 4.20. The van der Waals surface area contributed by atoms with Gasteiger partial charge in [0.15, 0.2) is 6.10 Å². The third-order valence-corrected chi connectivity index (χ3v) is 4.20. The first-order chi connectivity index (χ1) is 10.00. The molecular weight excluding hydrogens is 270 g/mol. The van der Waals surface area contributed by atoms with E-state index in [2.05, 4.69) is 0 Å². The maximum atomic E-state index is 12.3. The van der Waals surface area contributed by atoms with Crippen molar-refractivity contribution in [3.8, 4) is 0 Å². The number of carbonyl (C=O) groups is 2. The Morgan fingerprint density at radius 1 is 1.33 bits per heavy atom. The zero-order valence-electron chi connectivity index (χ0n) is 12.2. The van der Waals surface area contributed by atoms with Crippen LogP contribution < -0.4 is 0 Å². The number of likely N-dealkylation sites (tertiary alicyclic amines) is 1. The van der Waals surface area contributed by atoms with E-state index in [0.717, 1.165) is 6.42 Å². The summed E-state index contributed by atoms with van der Waals surface area (Å²) >= 11 is 0. The SMILES string of the molecule is CCCC1(C(=O)O)CCN(C(=O)C(O)c2ccccc2)C1. The van der Waals surface area contributed by atoms with E-state index >= 15 is 0 Å². The smallest absolute Gasteiger partial charge is 0.311 e. The van der Waals surface area contributed by atoms with Gasteiger partial charge in [-0.2, -0.15) is 0 Å². The predicted octanol–water partition coefficient (Wildman–Crippen LogP) is 1.82. The highest BCUT2D eigenvalue weighted by Crippen LogP contribution is 2.36. The van der Waals surface area contributed by atoms with Crippen molar-refractivity contribution < 1.29 is 19.8 Å². The summed E-state index contributed by atoms with van der Waals surface area (Å²) in [6.07, 6.45) is 0.532. The highest BCUT2D eigenvalue weighted by Gasteiger charge is 2.46. The van der Waals surface area contributed by atoms with Gasteiger partial charge in [-0.1, -0.05) is 43.7 Å². The number of aliphatic hydroxyl groups excluding tert-OH is 1. The van der Waals surface area contributed by atoms with Gasteiger partial charge < -0.3 is 15.1 Å². The third kappa shape index (κ3) is 3.08. The Labute approximate surface area is 124 Å². The minimum atomic E-state index is -1.22. The average Bonchev–Trinajstić information content (AvgIpc) is 2.93. The number of carbonyl (C=O) groups excluding carboxylic acids is 1. The van der Waals surface area contributed by atoms with Crippen LogP contribution in [0.25, 0.3) is 0 Å². The van der Waals surface area contributed by atoms with Gasteiger partial charge in [0.05, 0.1) is 5.41 Å². The van der Waals surface area contributed by atoms with Crippen LogP contribution in [0.15, 0.2) is 30.3 Å². The number of carboxylic acids is 1. The molecule has 1 aliphatic heterocycles. The van der Waals surface area contributed by atoms with Crippen molar-refractivity contribution in [2.45, 2.75) is 32.3 Å². The molecule has 21 heavy (non-hydrogen) atoms. The molecule has 0 aromatic heterocycles. The standard InChI is InChI=1S/C16H21NO4/c1-2-8-16(15(20)21)9-10-17(11-16)14(19)13(18)12-6-4-3-5-7-12/h3-7,13,18H,2,8-11H2,1H3,(H,20,21). The fourth-order valence-corrected chi connectivity index (χ4v) is 2.98. The van der Waals surface area contributed by atoms with Crippen LogP contribution in [0.4, 0.5) is 0 Å². The first-order valence-electron chi connectivity index (χ1n) is 7.25. The molecule has 114 valence electrons. The lowest BCUT2D eigenvalue weighted by Gasteiger charge is -2.25. The lowest BCUT2D eigenvalue weighted by molar-refractivity contribution is -0.149. The van der Waals surface area contributed by atoms with Gasteiger partial charge in [0.25, 0.3) is 5.91 Å². The monoisotopic (exact) mass is 291 g/mol. The van der Waals surface area contributed by atoms with E-state index in [9.17, 15) is 19.8 Å². The zero-order chi connectivity index (χ0) is 15.5. The molecule has 0 radical (unpaired) electrons. The highest BCUT2D eigenvalue weighted by molar-refractivity contribution is 5.84. The van der Waals surface area contributed by atoms with Crippen LogP contribution in [0.2, 0.25) is 0 Å². The summed E-state index contributed by atoms with van der Waals surface area (Å²) in [5, 5.41) is 19.6. The maximum Gasteiger partial charge on any atom is 0.311 e. The van der Waals surface area contributed by atoms with E-state index in [1.807, 2.05) is 13.0 Å². The fourth-order valence-electron chi connectivity index (χ4n) is 2.98. The molecule has 1 amide bonds. The van der Waals surface area contributed by atoms with Gasteiger partial charge in [-0.05, 0) is 18.4 Å². The molecule has 1 heterocycles. The van der Waals surface area contributed by atoms with Crippen LogP contribution >= 0.6 is 0 Å². The molecule has 1 aliphatic rings. The van der Waals surface area contributed by atoms with Gasteiger partial charge >= 0.3 is 5.97 Å². The van der Waals surface area contributed by atoms with E-state index < -0.39 is 23.4 Å². The first kappa shape index (κ1) is 15.5. The lowest BCUT2D eigenvalue weighted by Crippen LogP contribution is -2.38. The Morgan fingerprint density at radius 3 is 2.57 bits per heavy atom. The van der Waals surface area contributed by atoms with E-state index in [1.165, 1.54) is 4.90 Å². The summed E-state index contributed by atoms with van der Waals surface area (Å²) in [7, 11) is 0. The van der Waals surface area contributed by atoms with Crippen LogP contribution in [0.1, 0.15) is 37.9 Å². The zero-order valence-corrected chi connectivity index (χ0v) is 12.2. The van der Waals surface area contributed by atoms with E-state index in [-0.39, 0.29) is 6.54 Å². The molecule has 1 fully saturated rings. The van der Waals surface area contributed by atoms with Crippen molar-refractivity contribution in [3.63, 3.8) is 0 Å². The van der Waals surface area contributed by atoms with Gasteiger partial charge in [0.1, 0.15) is 0 Å². The predicted molar refractivity (Wildman–Crippen MR) is 77.6 cm³/mol. The minimum absolute atomic E-state index is 0.179. The van der Waals surface area contributed by atoms with Crippen LogP contribution in [0.5, 0.6) is 0 Å². The number of hydrogen-bond acceptors (Lipinski definition) is 3. The molecular formula is C16H21NO4.